The molecule has 0 heterocycles. The van der Waals surface area contributed by atoms with Crippen LogP contribution in [0.4, 0.5) is 0 Å². The zero-order valence-electron chi connectivity index (χ0n) is 12.1. The number of benzene rings is 1. The molecular weight excluding hydrogens is 252 g/mol. The normalized spacial score (nSPS) is 20.5. The molecular formula is C16H22N2O2. The van der Waals surface area contributed by atoms with Gasteiger partial charge in [-0.2, -0.15) is 0 Å². The van der Waals surface area contributed by atoms with Crippen molar-refractivity contribution >= 4 is 11.8 Å². The number of nitrogens with two attached hydrogens (primary N) is 1. The van der Waals surface area contributed by atoms with Crippen molar-refractivity contribution in [1.82, 2.24) is 4.90 Å². The smallest absolute Gasteiger partial charge is 0.248 e. The Morgan fingerprint density at radius 3 is 2.80 bits per heavy atom. The number of nitrogens with zero attached hydrogens (tertiary/aromatic N) is 1. The minimum Gasteiger partial charge on any atom is -0.366 e. The Kier molecular flexibility index (Phi) is 4.42. The van der Waals surface area contributed by atoms with Crippen LogP contribution in [0.3, 0.4) is 0 Å². The number of carbonyl (C=O) groups is 2. The molecule has 108 valence electrons. The quantitative estimate of drug-likeness (QED) is 0.864. The SMILES string of the molecule is CCC[C@@H]1C[C@H]1C(=O)N(C)Cc1cccc(C(N)=O)c1. The molecule has 2 atom stereocenters. The average Bonchev–Trinajstić information content (AvgIpc) is 3.18. The van der Waals surface area contributed by atoms with Crippen LogP contribution < -0.4 is 5.73 Å². The first-order valence-corrected chi connectivity index (χ1v) is 7.16. The molecule has 2 amide bonds. The molecule has 0 aliphatic heterocycles. The summed E-state index contributed by atoms with van der Waals surface area (Å²) >= 11 is 0. The van der Waals surface area contributed by atoms with Crippen LogP contribution in [0.5, 0.6) is 0 Å². The fourth-order valence-electron chi connectivity index (χ4n) is 2.70. The van der Waals surface area contributed by atoms with E-state index in [1.54, 1.807) is 23.1 Å². The Labute approximate surface area is 119 Å². The molecule has 20 heavy (non-hydrogen) atoms. The maximum Gasteiger partial charge on any atom is 0.248 e. The standard InChI is InChI=1S/C16H22N2O2/c1-3-5-12-9-14(12)16(20)18(2)10-11-6-4-7-13(8-11)15(17)19/h4,6-8,12,14H,3,5,9-10H2,1-2H3,(H2,17,19)/t12-,14-/m1/s1. The van der Waals surface area contributed by atoms with Gasteiger partial charge >= 0.3 is 0 Å². The monoisotopic (exact) mass is 274 g/mol. The lowest BCUT2D eigenvalue weighted by atomic mass is 10.1. The van der Waals surface area contributed by atoms with Gasteiger partial charge in [-0.1, -0.05) is 25.5 Å². The summed E-state index contributed by atoms with van der Waals surface area (Å²) in [5.74, 6) is 0.560. The molecule has 1 aliphatic carbocycles. The average molecular weight is 274 g/mol. The van der Waals surface area contributed by atoms with E-state index in [1.807, 2.05) is 13.1 Å². The fraction of sp³-hybridized carbons (Fsp3) is 0.500. The number of carbonyl (C=O) groups excluding carboxylic acids is 2. The van der Waals surface area contributed by atoms with E-state index in [2.05, 4.69) is 6.92 Å². The summed E-state index contributed by atoms with van der Waals surface area (Å²) < 4.78 is 0. The summed E-state index contributed by atoms with van der Waals surface area (Å²) in [7, 11) is 1.82. The molecule has 2 rings (SSSR count). The van der Waals surface area contributed by atoms with E-state index in [-0.39, 0.29) is 11.8 Å². The number of primary amides is 1. The van der Waals surface area contributed by atoms with Crippen molar-refractivity contribution in [2.24, 2.45) is 17.6 Å². The van der Waals surface area contributed by atoms with Gasteiger partial charge in [-0.15, -0.1) is 0 Å². The van der Waals surface area contributed by atoms with E-state index >= 15 is 0 Å². The Bertz CT molecular complexity index is 513. The van der Waals surface area contributed by atoms with Gasteiger partial charge in [0.2, 0.25) is 11.8 Å². The topological polar surface area (TPSA) is 63.4 Å². The summed E-state index contributed by atoms with van der Waals surface area (Å²) in [5.41, 5.74) is 6.68. The van der Waals surface area contributed by atoms with Gasteiger partial charge in [0.15, 0.2) is 0 Å². The molecule has 1 aromatic carbocycles. The van der Waals surface area contributed by atoms with E-state index in [4.69, 9.17) is 5.73 Å². The molecule has 1 saturated carbocycles. The third-order valence-electron chi connectivity index (χ3n) is 3.91. The molecule has 0 bridgehead atoms. The van der Waals surface area contributed by atoms with Crippen molar-refractivity contribution in [3.8, 4) is 0 Å². The van der Waals surface area contributed by atoms with E-state index in [0.717, 1.165) is 24.8 Å². The lowest BCUT2D eigenvalue weighted by molar-refractivity contribution is -0.132. The second-order valence-corrected chi connectivity index (χ2v) is 5.65. The van der Waals surface area contributed by atoms with Gasteiger partial charge in [-0.05, 0) is 36.5 Å². The van der Waals surface area contributed by atoms with Crippen LogP contribution in [0.1, 0.15) is 42.1 Å². The molecule has 0 radical (unpaired) electrons. The fourth-order valence-corrected chi connectivity index (χ4v) is 2.70. The van der Waals surface area contributed by atoms with Crippen molar-refractivity contribution < 1.29 is 9.59 Å². The summed E-state index contributed by atoms with van der Waals surface area (Å²) in [4.78, 5) is 25.1. The van der Waals surface area contributed by atoms with Crippen LogP contribution in [-0.4, -0.2) is 23.8 Å². The van der Waals surface area contributed by atoms with Crippen molar-refractivity contribution in [2.45, 2.75) is 32.7 Å². The van der Waals surface area contributed by atoms with Gasteiger partial charge < -0.3 is 10.6 Å². The number of hydrogen-bond acceptors (Lipinski definition) is 2. The zero-order valence-corrected chi connectivity index (χ0v) is 12.1. The predicted molar refractivity (Wildman–Crippen MR) is 77.9 cm³/mol. The summed E-state index contributed by atoms with van der Waals surface area (Å²) in [6.45, 7) is 2.67. The molecule has 0 spiro atoms. The zero-order chi connectivity index (χ0) is 14.7. The van der Waals surface area contributed by atoms with Crippen LogP contribution in [0.15, 0.2) is 24.3 Å². The van der Waals surface area contributed by atoms with E-state index in [0.29, 0.717) is 18.0 Å². The molecule has 0 saturated heterocycles. The van der Waals surface area contributed by atoms with Gasteiger partial charge in [0.05, 0.1) is 0 Å². The largest absolute Gasteiger partial charge is 0.366 e. The molecule has 4 heteroatoms. The third kappa shape index (κ3) is 3.38. The van der Waals surface area contributed by atoms with E-state index < -0.39 is 5.91 Å². The maximum absolute atomic E-state index is 12.2. The summed E-state index contributed by atoms with van der Waals surface area (Å²) in [6.07, 6.45) is 3.30. The van der Waals surface area contributed by atoms with Crippen LogP contribution in [0.2, 0.25) is 0 Å². The highest BCUT2D eigenvalue weighted by Crippen LogP contribution is 2.43. The first-order chi connectivity index (χ1) is 9.52. The second kappa shape index (κ2) is 6.07. The lowest BCUT2D eigenvalue weighted by Crippen LogP contribution is -2.28. The van der Waals surface area contributed by atoms with Gasteiger partial charge in [0.1, 0.15) is 0 Å². The first kappa shape index (κ1) is 14.6. The highest BCUT2D eigenvalue weighted by molar-refractivity contribution is 5.92. The van der Waals surface area contributed by atoms with Crippen molar-refractivity contribution in [3.05, 3.63) is 35.4 Å². The van der Waals surface area contributed by atoms with E-state index in [1.165, 1.54) is 0 Å². The van der Waals surface area contributed by atoms with Gasteiger partial charge in [-0.3, -0.25) is 9.59 Å². The summed E-state index contributed by atoms with van der Waals surface area (Å²) in [6, 6.07) is 7.14. The minimum atomic E-state index is -0.439. The summed E-state index contributed by atoms with van der Waals surface area (Å²) in [5, 5.41) is 0. The van der Waals surface area contributed by atoms with E-state index in [9.17, 15) is 9.59 Å². The Balaban J connectivity index is 1.94. The van der Waals surface area contributed by atoms with Crippen molar-refractivity contribution in [1.29, 1.82) is 0 Å². The Morgan fingerprint density at radius 2 is 2.15 bits per heavy atom. The minimum absolute atomic E-state index is 0.208. The molecule has 1 aliphatic rings. The third-order valence-corrected chi connectivity index (χ3v) is 3.91. The van der Waals surface area contributed by atoms with Crippen LogP contribution in [0, 0.1) is 11.8 Å². The van der Waals surface area contributed by atoms with Gasteiger partial charge in [0, 0.05) is 25.1 Å². The molecule has 1 aromatic rings. The second-order valence-electron chi connectivity index (χ2n) is 5.65. The number of rotatable bonds is 6. The lowest BCUT2D eigenvalue weighted by Gasteiger charge is -2.17. The van der Waals surface area contributed by atoms with Crippen molar-refractivity contribution in [2.75, 3.05) is 7.05 Å². The first-order valence-electron chi connectivity index (χ1n) is 7.16. The Morgan fingerprint density at radius 1 is 1.40 bits per heavy atom. The van der Waals surface area contributed by atoms with Crippen LogP contribution in [0.25, 0.3) is 0 Å². The molecule has 2 N–H and O–H groups in total. The molecule has 1 fully saturated rings. The molecule has 0 aromatic heterocycles. The van der Waals surface area contributed by atoms with Crippen LogP contribution in [-0.2, 0) is 11.3 Å². The van der Waals surface area contributed by atoms with Crippen molar-refractivity contribution in [3.63, 3.8) is 0 Å². The Hall–Kier alpha value is -1.84. The number of hydrogen-bond donors (Lipinski definition) is 1. The molecule has 0 unspecified atom stereocenters. The highest BCUT2D eigenvalue weighted by atomic mass is 16.2. The maximum atomic E-state index is 12.2. The number of amides is 2. The van der Waals surface area contributed by atoms with Crippen LogP contribution >= 0.6 is 0 Å². The van der Waals surface area contributed by atoms with Gasteiger partial charge in [0.25, 0.3) is 0 Å². The predicted octanol–water partition coefficient (Wildman–Crippen LogP) is 2.18. The molecule has 4 nitrogen and oxygen atoms in total. The van der Waals surface area contributed by atoms with Gasteiger partial charge in [-0.25, -0.2) is 0 Å². The highest BCUT2D eigenvalue weighted by Gasteiger charge is 2.43.